The molecule has 0 saturated carbocycles. The Morgan fingerprint density at radius 3 is 2.58 bits per heavy atom. The number of aromatic nitrogens is 1. The topological polar surface area (TPSA) is 51.2 Å². The van der Waals surface area contributed by atoms with E-state index in [0.29, 0.717) is 21.6 Å². The average molecular weight is 297 g/mol. The lowest BCUT2D eigenvalue weighted by molar-refractivity contribution is 0.102. The molecule has 1 amide bonds. The molecule has 1 aromatic carbocycles. The van der Waals surface area contributed by atoms with E-state index in [1.54, 1.807) is 30.3 Å². The van der Waals surface area contributed by atoms with Crippen LogP contribution in [0.25, 0.3) is 0 Å². The number of hydrogen-bond acceptors (Lipinski definition) is 3. The number of methoxy groups -OCH3 is 1. The lowest BCUT2D eigenvalue weighted by atomic mass is 10.2. The van der Waals surface area contributed by atoms with Gasteiger partial charge in [-0.15, -0.1) is 0 Å². The van der Waals surface area contributed by atoms with E-state index in [1.165, 1.54) is 13.3 Å². The molecule has 0 saturated heterocycles. The Labute approximate surface area is 120 Å². The predicted octanol–water partition coefficient (Wildman–Crippen LogP) is 3.65. The number of hydrogen-bond donors (Lipinski definition) is 1. The van der Waals surface area contributed by atoms with Crippen LogP contribution in [0.4, 0.5) is 5.69 Å². The van der Waals surface area contributed by atoms with Gasteiger partial charge in [0.15, 0.2) is 0 Å². The lowest BCUT2D eigenvalue weighted by Gasteiger charge is -2.08. The summed E-state index contributed by atoms with van der Waals surface area (Å²) < 4.78 is 4.98. The Kier molecular flexibility index (Phi) is 4.24. The molecule has 0 bridgehead atoms. The molecule has 4 nitrogen and oxygen atoms in total. The van der Waals surface area contributed by atoms with Crippen molar-refractivity contribution in [2.24, 2.45) is 0 Å². The highest BCUT2D eigenvalue weighted by atomic mass is 35.5. The van der Waals surface area contributed by atoms with E-state index in [9.17, 15) is 4.79 Å². The lowest BCUT2D eigenvalue weighted by Crippen LogP contribution is -2.13. The molecular formula is C13H10Cl2N2O2. The monoisotopic (exact) mass is 296 g/mol. The molecule has 1 heterocycles. The standard InChI is InChI=1S/C13H10Cl2N2O2/c1-19-11-7-8(5-6-16-11)17-13(18)12-9(14)3-2-4-10(12)15/h2-7H,1H3,(H,16,17,18). The molecule has 1 aromatic heterocycles. The smallest absolute Gasteiger partial charge is 0.258 e. The zero-order chi connectivity index (χ0) is 13.8. The Morgan fingerprint density at radius 2 is 1.95 bits per heavy atom. The highest BCUT2D eigenvalue weighted by Crippen LogP contribution is 2.25. The number of carbonyl (C=O) groups is 1. The maximum atomic E-state index is 12.1. The summed E-state index contributed by atoms with van der Waals surface area (Å²) in [6.07, 6.45) is 1.53. The second kappa shape index (κ2) is 5.91. The minimum absolute atomic E-state index is 0.238. The number of rotatable bonds is 3. The van der Waals surface area contributed by atoms with Crippen LogP contribution < -0.4 is 10.1 Å². The van der Waals surface area contributed by atoms with Gasteiger partial charge >= 0.3 is 0 Å². The number of ether oxygens (including phenoxy) is 1. The maximum Gasteiger partial charge on any atom is 0.258 e. The normalized spacial score (nSPS) is 10.1. The summed E-state index contributed by atoms with van der Waals surface area (Å²) in [7, 11) is 1.50. The summed E-state index contributed by atoms with van der Waals surface area (Å²) in [6.45, 7) is 0. The first-order valence-corrected chi connectivity index (χ1v) is 6.13. The number of nitrogens with one attached hydrogen (secondary N) is 1. The number of nitrogens with zero attached hydrogens (tertiary/aromatic N) is 1. The van der Waals surface area contributed by atoms with Gasteiger partial charge in [-0.2, -0.15) is 0 Å². The van der Waals surface area contributed by atoms with Crippen LogP contribution in [-0.2, 0) is 0 Å². The molecule has 0 aliphatic heterocycles. The van der Waals surface area contributed by atoms with E-state index in [4.69, 9.17) is 27.9 Å². The first-order chi connectivity index (χ1) is 9.11. The van der Waals surface area contributed by atoms with Gasteiger partial charge in [-0.25, -0.2) is 4.98 Å². The molecule has 6 heteroatoms. The van der Waals surface area contributed by atoms with Gasteiger partial charge in [-0.05, 0) is 18.2 Å². The van der Waals surface area contributed by atoms with Crippen molar-refractivity contribution in [3.8, 4) is 5.88 Å². The van der Waals surface area contributed by atoms with Crippen LogP contribution >= 0.6 is 23.2 Å². The van der Waals surface area contributed by atoms with E-state index in [1.807, 2.05) is 0 Å². The van der Waals surface area contributed by atoms with Gasteiger partial charge in [0.25, 0.3) is 5.91 Å². The predicted molar refractivity (Wildman–Crippen MR) is 75.2 cm³/mol. The summed E-state index contributed by atoms with van der Waals surface area (Å²) in [5, 5.41) is 3.28. The van der Waals surface area contributed by atoms with Crippen LogP contribution in [0.5, 0.6) is 5.88 Å². The van der Waals surface area contributed by atoms with Crippen LogP contribution in [0.1, 0.15) is 10.4 Å². The average Bonchev–Trinajstić information content (AvgIpc) is 2.38. The third-order valence-corrected chi connectivity index (χ3v) is 3.02. The quantitative estimate of drug-likeness (QED) is 0.940. The molecule has 1 N–H and O–H groups in total. The second-order valence-corrected chi connectivity index (χ2v) is 4.45. The molecule has 0 atom stereocenters. The van der Waals surface area contributed by atoms with Crippen molar-refractivity contribution in [1.29, 1.82) is 0 Å². The Hall–Kier alpha value is -1.78. The van der Waals surface area contributed by atoms with Crippen molar-refractivity contribution in [3.63, 3.8) is 0 Å². The van der Waals surface area contributed by atoms with E-state index in [-0.39, 0.29) is 11.5 Å². The number of benzene rings is 1. The number of carbonyl (C=O) groups excluding carboxylic acids is 1. The van der Waals surface area contributed by atoms with Gasteiger partial charge in [-0.1, -0.05) is 29.3 Å². The van der Waals surface area contributed by atoms with Crippen molar-refractivity contribution < 1.29 is 9.53 Å². The van der Waals surface area contributed by atoms with Crippen molar-refractivity contribution in [2.75, 3.05) is 12.4 Å². The van der Waals surface area contributed by atoms with Gasteiger partial charge in [0.05, 0.1) is 22.7 Å². The number of anilines is 1. The first-order valence-electron chi connectivity index (χ1n) is 5.37. The summed E-state index contributed by atoms with van der Waals surface area (Å²) in [6, 6.07) is 8.13. The van der Waals surface area contributed by atoms with Gasteiger partial charge in [-0.3, -0.25) is 4.79 Å². The molecule has 0 unspecified atom stereocenters. The molecule has 2 rings (SSSR count). The molecule has 0 spiro atoms. The fourth-order valence-corrected chi connectivity index (χ4v) is 2.08. The van der Waals surface area contributed by atoms with Crippen molar-refractivity contribution in [2.45, 2.75) is 0 Å². The highest BCUT2D eigenvalue weighted by Gasteiger charge is 2.14. The van der Waals surface area contributed by atoms with E-state index in [2.05, 4.69) is 10.3 Å². The third kappa shape index (κ3) is 3.16. The van der Waals surface area contributed by atoms with Gasteiger partial charge in [0, 0.05) is 18.0 Å². The summed E-state index contributed by atoms with van der Waals surface area (Å²) in [5.41, 5.74) is 0.787. The van der Waals surface area contributed by atoms with Crippen molar-refractivity contribution in [1.82, 2.24) is 4.98 Å². The van der Waals surface area contributed by atoms with Gasteiger partial charge < -0.3 is 10.1 Å². The zero-order valence-corrected chi connectivity index (χ0v) is 11.5. The minimum atomic E-state index is -0.385. The Balaban J connectivity index is 2.26. The van der Waals surface area contributed by atoms with E-state index in [0.717, 1.165) is 0 Å². The Morgan fingerprint density at radius 1 is 1.26 bits per heavy atom. The van der Waals surface area contributed by atoms with Crippen LogP contribution in [0.15, 0.2) is 36.5 Å². The summed E-state index contributed by atoms with van der Waals surface area (Å²) >= 11 is 11.9. The SMILES string of the molecule is COc1cc(NC(=O)c2c(Cl)cccc2Cl)ccn1. The van der Waals surface area contributed by atoms with Crippen molar-refractivity contribution in [3.05, 3.63) is 52.1 Å². The number of amides is 1. The van der Waals surface area contributed by atoms with Gasteiger partial charge in [0.1, 0.15) is 0 Å². The van der Waals surface area contributed by atoms with E-state index < -0.39 is 0 Å². The Bertz CT molecular complexity index is 597. The third-order valence-electron chi connectivity index (χ3n) is 2.39. The molecule has 19 heavy (non-hydrogen) atoms. The molecule has 98 valence electrons. The molecule has 2 aromatic rings. The molecule has 0 aliphatic carbocycles. The molecular weight excluding hydrogens is 287 g/mol. The molecule has 0 fully saturated rings. The van der Waals surface area contributed by atoms with Crippen LogP contribution in [0.2, 0.25) is 10.0 Å². The van der Waals surface area contributed by atoms with Crippen LogP contribution in [-0.4, -0.2) is 18.0 Å². The first kappa shape index (κ1) is 13.6. The summed E-state index contributed by atoms with van der Waals surface area (Å²) in [5.74, 6) is 0.0203. The maximum absolute atomic E-state index is 12.1. The fraction of sp³-hybridized carbons (Fsp3) is 0.0769. The van der Waals surface area contributed by atoms with Crippen LogP contribution in [0.3, 0.4) is 0 Å². The zero-order valence-electron chi connectivity index (χ0n) is 9.98. The fourth-order valence-electron chi connectivity index (χ4n) is 1.51. The van der Waals surface area contributed by atoms with Crippen molar-refractivity contribution >= 4 is 34.8 Å². The highest BCUT2D eigenvalue weighted by molar-refractivity contribution is 6.40. The van der Waals surface area contributed by atoms with E-state index >= 15 is 0 Å². The molecule has 0 aliphatic rings. The summed E-state index contributed by atoms with van der Waals surface area (Å²) in [4.78, 5) is 16.1. The van der Waals surface area contributed by atoms with Gasteiger partial charge in [0.2, 0.25) is 5.88 Å². The molecule has 0 radical (unpaired) electrons. The minimum Gasteiger partial charge on any atom is -0.481 e. The number of halogens is 2. The second-order valence-electron chi connectivity index (χ2n) is 3.64. The number of pyridine rings is 1. The largest absolute Gasteiger partial charge is 0.481 e. The van der Waals surface area contributed by atoms with Crippen LogP contribution in [0, 0.1) is 0 Å².